The van der Waals surface area contributed by atoms with Crippen molar-refractivity contribution in [1.29, 1.82) is 0 Å². The Labute approximate surface area is 122 Å². The summed E-state index contributed by atoms with van der Waals surface area (Å²) in [6, 6.07) is 7.60. The Morgan fingerprint density at radius 2 is 2.20 bits per heavy atom. The lowest BCUT2D eigenvalue weighted by atomic mass is 10.0. The highest BCUT2D eigenvalue weighted by Gasteiger charge is 2.23. The Hall–Kier alpha value is -1.92. The van der Waals surface area contributed by atoms with Gasteiger partial charge in [-0.25, -0.2) is 0 Å². The van der Waals surface area contributed by atoms with Gasteiger partial charge in [0.1, 0.15) is 0 Å². The maximum Gasteiger partial charge on any atom is 0.304 e. The molecule has 2 rings (SSSR count). The summed E-state index contributed by atoms with van der Waals surface area (Å²) in [7, 11) is 1.83. The van der Waals surface area contributed by atoms with Crippen molar-refractivity contribution in [3.63, 3.8) is 0 Å². The lowest BCUT2D eigenvalue weighted by molar-refractivity contribution is -0.137. The molecule has 0 aliphatic carbocycles. The number of hydrogen-bond acceptors (Lipinski definition) is 3. The van der Waals surface area contributed by atoms with Crippen LogP contribution in [0.3, 0.4) is 0 Å². The third-order valence-corrected chi connectivity index (χ3v) is 3.53. The van der Waals surface area contributed by atoms with E-state index in [0.29, 0.717) is 11.5 Å². The third-order valence-electron chi connectivity index (χ3n) is 3.30. The largest absolute Gasteiger partial charge is 0.481 e. The fraction of sp³-hybridized carbons (Fsp3) is 0.286. The number of aromatic nitrogens is 1. The highest BCUT2D eigenvalue weighted by Crippen LogP contribution is 2.28. The van der Waals surface area contributed by atoms with Crippen LogP contribution in [0.2, 0.25) is 0 Å². The summed E-state index contributed by atoms with van der Waals surface area (Å²) in [6.45, 7) is 0.386. The van der Waals surface area contributed by atoms with Crippen LogP contribution in [0.1, 0.15) is 18.0 Å². The second-order valence-electron chi connectivity index (χ2n) is 4.72. The van der Waals surface area contributed by atoms with E-state index in [4.69, 9.17) is 23.1 Å². The topological polar surface area (TPSA) is 82.3 Å². The van der Waals surface area contributed by atoms with Gasteiger partial charge in [-0.2, -0.15) is 0 Å². The summed E-state index contributed by atoms with van der Waals surface area (Å²) in [5.41, 5.74) is 7.84. The van der Waals surface area contributed by atoms with Crippen molar-refractivity contribution in [3.05, 3.63) is 36.0 Å². The van der Waals surface area contributed by atoms with Gasteiger partial charge in [-0.3, -0.25) is 9.69 Å². The van der Waals surface area contributed by atoms with Crippen molar-refractivity contribution in [2.75, 3.05) is 13.6 Å². The number of benzene rings is 1. The minimum Gasteiger partial charge on any atom is -0.481 e. The van der Waals surface area contributed by atoms with Gasteiger partial charge >= 0.3 is 5.97 Å². The average Bonchev–Trinajstić information content (AvgIpc) is 2.80. The van der Waals surface area contributed by atoms with Crippen LogP contribution in [-0.4, -0.2) is 39.5 Å². The number of rotatable bonds is 6. The van der Waals surface area contributed by atoms with Gasteiger partial charge in [-0.1, -0.05) is 30.4 Å². The highest BCUT2D eigenvalue weighted by atomic mass is 32.1. The van der Waals surface area contributed by atoms with Gasteiger partial charge in [0.15, 0.2) is 0 Å². The summed E-state index contributed by atoms with van der Waals surface area (Å²) in [5, 5.41) is 9.84. The summed E-state index contributed by atoms with van der Waals surface area (Å²) in [5.74, 6) is -0.836. The van der Waals surface area contributed by atoms with Gasteiger partial charge in [0.25, 0.3) is 0 Å². The van der Waals surface area contributed by atoms with Crippen LogP contribution in [0.4, 0.5) is 0 Å². The van der Waals surface area contributed by atoms with Crippen molar-refractivity contribution < 1.29 is 9.90 Å². The number of thiocarbonyl (C=S) groups is 1. The van der Waals surface area contributed by atoms with Crippen LogP contribution in [0.15, 0.2) is 30.5 Å². The van der Waals surface area contributed by atoms with Gasteiger partial charge < -0.3 is 15.8 Å². The number of H-pyrrole nitrogens is 1. The molecule has 1 aromatic heterocycles. The molecule has 0 fully saturated rings. The van der Waals surface area contributed by atoms with Crippen molar-refractivity contribution in [1.82, 2.24) is 9.88 Å². The number of carboxylic acids is 1. The minimum absolute atomic E-state index is 0.0535. The van der Waals surface area contributed by atoms with E-state index in [1.54, 1.807) is 0 Å². The Bertz CT molecular complexity index is 638. The predicted molar refractivity (Wildman–Crippen MR) is 82.7 cm³/mol. The zero-order valence-electron chi connectivity index (χ0n) is 11.2. The third kappa shape index (κ3) is 2.97. The van der Waals surface area contributed by atoms with Crippen molar-refractivity contribution in [3.8, 4) is 0 Å². The molecule has 4 N–H and O–H groups in total. The first kappa shape index (κ1) is 14.5. The summed E-state index contributed by atoms with van der Waals surface area (Å²) in [6.07, 6.45) is 1.93. The van der Waals surface area contributed by atoms with E-state index in [9.17, 15) is 4.79 Å². The number of para-hydroxylation sites is 1. The first-order valence-corrected chi connectivity index (χ1v) is 6.69. The van der Waals surface area contributed by atoms with Gasteiger partial charge in [0, 0.05) is 29.2 Å². The summed E-state index contributed by atoms with van der Waals surface area (Å²) in [4.78, 5) is 16.1. The SMILES string of the molecule is CN(CCC(=O)O)C(C(N)=S)c1c[nH]c2ccccc12. The molecule has 0 amide bonds. The van der Waals surface area contributed by atoms with Crippen LogP contribution in [0.5, 0.6) is 0 Å². The number of carbonyl (C=O) groups is 1. The molecular formula is C14H17N3O2S. The quantitative estimate of drug-likeness (QED) is 0.708. The van der Waals surface area contributed by atoms with Crippen LogP contribution in [0, 0.1) is 0 Å². The minimum atomic E-state index is -0.836. The van der Waals surface area contributed by atoms with Crippen LogP contribution in [-0.2, 0) is 4.79 Å². The number of fused-ring (bicyclic) bond motifs is 1. The second-order valence-corrected chi connectivity index (χ2v) is 5.19. The van der Waals surface area contributed by atoms with E-state index < -0.39 is 5.97 Å². The van der Waals surface area contributed by atoms with Gasteiger partial charge in [-0.05, 0) is 13.1 Å². The Kier molecular flexibility index (Phi) is 4.36. The number of nitrogens with zero attached hydrogens (tertiary/aromatic N) is 1. The van der Waals surface area contributed by atoms with E-state index in [1.165, 1.54) is 0 Å². The van der Waals surface area contributed by atoms with E-state index in [1.807, 2.05) is 42.4 Å². The van der Waals surface area contributed by atoms with Crippen molar-refractivity contribution in [2.45, 2.75) is 12.5 Å². The van der Waals surface area contributed by atoms with Crippen molar-refractivity contribution in [2.24, 2.45) is 5.73 Å². The fourth-order valence-corrected chi connectivity index (χ4v) is 2.64. The molecule has 2 aromatic rings. The summed E-state index contributed by atoms with van der Waals surface area (Å²) < 4.78 is 0. The fourth-order valence-electron chi connectivity index (χ4n) is 2.33. The maximum absolute atomic E-state index is 10.7. The molecule has 0 radical (unpaired) electrons. The van der Waals surface area contributed by atoms with Crippen LogP contribution < -0.4 is 5.73 Å². The molecule has 0 saturated heterocycles. The Morgan fingerprint density at radius 3 is 2.85 bits per heavy atom. The molecule has 5 nitrogen and oxygen atoms in total. The van der Waals surface area contributed by atoms with E-state index in [-0.39, 0.29) is 12.5 Å². The number of aliphatic carboxylic acids is 1. The lowest BCUT2D eigenvalue weighted by Gasteiger charge is -2.26. The molecule has 0 saturated carbocycles. The molecule has 1 heterocycles. The van der Waals surface area contributed by atoms with Crippen LogP contribution >= 0.6 is 12.2 Å². The highest BCUT2D eigenvalue weighted by molar-refractivity contribution is 7.80. The molecule has 1 unspecified atom stereocenters. The molecular weight excluding hydrogens is 274 g/mol. The molecule has 106 valence electrons. The monoisotopic (exact) mass is 291 g/mol. The molecule has 20 heavy (non-hydrogen) atoms. The van der Waals surface area contributed by atoms with E-state index in [0.717, 1.165) is 16.5 Å². The summed E-state index contributed by atoms with van der Waals surface area (Å²) >= 11 is 5.16. The molecule has 1 atom stereocenters. The standard InChI is InChI=1S/C14H17N3O2S/c1-17(7-6-12(18)19)13(14(15)20)10-8-16-11-5-3-2-4-9(10)11/h2-5,8,13,16H,6-7H2,1H3,(H2,15,20)(H,18,19). The smallest absolute Gasteiger partial charge is 0.304 e. The lowest BCUT2D eigenvalue weighted by Crippen LogP contribution is -2.35. The van der Waals surface area contributed by atoms with Gasteiger partial charge in [0.2, 0.25) is 0 Å². The first-order valence-electron chi connectivity index (χ1n) is 6.28. The molecule has 0 spiro atoms. The van der Waals surface area contributed by atoms with Gasteiger partial charge in [-0.15, -0.1) is 0 Å². The van der Waals surface area contributed by atoms with Gasteiger partial charge in [0.05, 0.1) is 17.5 Å². The predicted octanol–water partition coefficient (Wildman–Crippen LogP) is 1.90. The number of hydrogen-bond donors (Lipinski definition) is 3. The normalized spacial score (nSPS) is 12.7. The number of aromatic amines is 1. The Morgan fingerprint density at radius 1 is 1.50 bits per heavy atom. The number of nitrogens with one attached hydrogen (secondary N) is 1. The molecule has 0 aliphatic heterocycles. The van der Waals surface area contributed by atoms with Crippen molar-refractivity contribution >= 4 is 34.1 Å². The second kappa shape index (κ2) is 6.02. The molecule has 0 bridgehead atoms. The maximum atomic E-state index is 10.7. The number of nitrogens with two attached hydrogens (primary N) is 1. The zero-order valence-corrected chi connectivity index (χ0v) is 12.0. The zero-order chi connectivity index (χ0) is 14.7. The van der Waals surface area contributed by atoms with E-state index >= 15 is 0 Å². The van der Waals surface area contributed by atoms with E-state index in [2.05, 4.69) is 4.98 Å². The molecule has 1 aromatic carbocycles. The van der Waals surface area contributed by atoms with Crippen LogP contribution in [0.25, 0.3) is 10.9 Å². The number of carboxylic acid groups (broad SMARTS) is 1. The molecule has 0 aliphatic rings. The Balaban J connectivity index is 2.33. The number of likely N-dealkylation sites (N-methyl/N-ethyl adjacent to an activating group) is 1. The average molecular weight is 291 g/mol. The molecule has 6 heteroatoms. The first-order chi connectivity index (χ1) is 9.50.